The molecule has 5 aromatic heterocycles. The van der Waals surface area contributed by atoms with E-state index in [1.807, 2.05) is 36.5 Å². The predicted molar refractivity (Wildman–Crippen MR) is 467 cm³/mol. The minimum absolute atomic E-state index is 0.570. The number of para-hydroxylation sites is 4. The topological polar surface area (TPSA) is 79.2 Å². The van der Waals surface area contributed by atoms with E-state index in [9.17, 15) is 0 Å². The van der Waals surface area contributed by atoms with E-state index in [1.54, 1.807) is 0 Å². The molecule has 9 heteroatoms. The molecule has 0 aliphatic heterocycles. The maximum absolute atomic E-state index is 5.30. The number of hydrogen-bond acceptors (Lipinski definition) is 5. The third kappa shape index (κ3) is 12.0. The molecule has 112 heavy (non-hydrogen) atoms. The van der Waals surface area contributed by atoms with Crippen LogP contribution in [-0.4, -0.2) is 46.7 Å². The van der Waals surface area contributed by atoms with Crippen molar-refractivity contribution in [2.45, 2.75) is 0 Å². The fourth-order valence-corrected chi connectivity index (χ4v) is 21.4. The van der Waals surface area contributed by atoms with E-state index >= 15 is 0 Å². The van der Waals surface area contributed by atoms with Crippen LogP contribution in [0.25, 0.3) is 162 Å². The number of hydrogen-bond donors (Lipinski definition) is 0. The van der Waals surface area contributed by atoms with E-state index in [4.69, 9.17) is 24.9 Å². The smallest absolute Gasteiger partial charge is 0.238 e. The molecule has 16 aromatic carbocycles. The summed E-state index contributed by atoms with van der Waals surface area (Å²) < 4.78 is 6.76. The summed E-state index contributed by atoms with van der Waals surface area (Å²) in [6.07, 6.45) is 1.89. The zero-order valence-corrected chi connectivity index (χ0v) is 62.0. The van der Waals surface area contributed by atoms with Crippen LogP contribution < -0.4 is 20.7 Å². The molecule has 0 spiro atoms. The fraction of sp³-hybridized carbons (Fsp3) is 0. The molecular weight excluding hydrogens is 1380 g/mol. The summed E-state index contributed by atoms with van der Waals surface area (Å²) >= 11 is 0. The number of rotatable bonds is 14. The molecule has 0 N–H and O–H groups in total. The van der Waals surface area contributed by atoms with Crippen LogP contribution in [0.1, 0.15) is 0 Å². The third-order valence-electron chi connectivity index (χ3n) is 21.8. The van der Waals surface area contributed by atoms with Gasteiger partial charge in [-0.1, -0.05) is 346 Å². The van der Waals surface area contributed by atoms with Gasteiger partial charge in [-0.05, 0) is 138 Å². The summed E-state index contributed by atoms with van der Waals surface area (Å²) in [6.45, 7) is 0. The lowest BCUT2D eigenvalue weighted by Gasteiger charge is -2.34. The highest BCUT2D eigenvalue weighted by atomic mass is 28.3. The van der Waals surface area contributed by atoms with Crippen LogP contribution in [0.3, 0.4) is 0 Å². The average molecular weight is 1450 g/mol. The van der Waals surface area contributed by atoms with Gasteiger partial charge in [-0.2, -0.15) is 9.97 Å². The lowest BCUT2D eigenvalue weighted by Crippen LogP contribution is -2.74. The van der Waals surface area contributed by atoms with Crippen LogP contribution in [0.15, 0.2) is 425 Å². The van der Waals surface area contributed by atoms with Gasteiger partial charge in [-0.3, -0.25) is 9.13 Å². The molecule has 0 saturated carbocycles. The number of fused-ring (bicyclic) bond motifs is 9. The summed E-state index contributed by atoms with van der Waals surface area (Å²) in [6, 6.07) is 149. The molecule has 8 nitrogen and oxygen atoms in total. The number of benzene rings is 16. The minimum Gasteiger partial charge on any atom is -0.309 e. The third-order valence-corrected chi connectivity index (χ3v) is 26.6. The van der Waals surface area contributed by atoms with E-state index in [0.717, 1.165) is 88.7 Å². The highest BCUT2D eigenvalue weighted by molar-refractivity contribution is 7.20. The Kier molecular flexibility index (Phi) is 17.1. The maximum Gasteiger partial charge on any atom is 0.238 e. The first-order chi connectivity index (χ1) is 55.5. The highest BCUT2D eigenvalue weighted by Gasteiger charge is 2.41. The van der Waals surface area contributed by atoms with Crippen molar-refractivity contribution in [1.82, 2.24) is 38.6 Å². The molecule has 0 aliphatic carbocycles. The summed E-state index contributed by atoms with van der Waals surface area (Å²) in [5, 5.41) is 12.4. The van der Waals surface area contributed by atoms with Crippen molar-refractivity contribution in [2.75, 3.05) is 0 Å². The summed E-state index contributed by atoms with van der Waals surface area (Å²) in [5.74, 6) is 2.46. The molecule has 5 heterocycles. The molecular formula is C103H70N8Si. The molecule has 0 amide bonds. The number of nitrogens with zero attached hydrogens (tertiary/aromatic N) is 8. The monoisotopic (exact) mass is 1450 g/mol. The molecule has 0 fully saturated rings. The minimum atomic E-state index is -2.69. The van der Waals surface area contributed by atoms with Crippen molar-refractivity contribution in [3.8, 4) is 96.1 Å². The first kappa shape index (κ1) is 66.6. The summed E-state index contributed by atoms with van der Waals surface area (Å²) in [4.78, 5) is 25.8. The van der Waals surface area contributed by atoms with Gasteiger partial charge in [0, 0.05) is 60.9 Å². The fourth-order valence-electron chi connectivity index (χ4n) is 16.6. The lowest BCUT2D eigenvalue weighted by molar-refractivity contribution is 0.953. The Bertz CT molecular complexity index is 6930. The first-order valence-corrected chi connectivity index (χ1v) is 39.9. The van der Waals surface area contributed by atoms with Gasteiger partial charge in [0.25, 0.3) is 0 Å². The molecule has 0 radical (unpaired) electrons. The summed E-state index contributed by atoms with van der Waals surface area (Å²) in [5.41, 5.74) is 20.8. The second-order valence-corrected chi connectivity index (χ2v) is 32.1. The quantitative estimate of drug-likeness (QED) is 0.0801. The highest BCUT2D eigenvalue weighted by Crippen LogP contribution is 2.40. The van der Waals surface area contributed by atoms with Crippen LogP contribution in [0.5, 0.6) is 0 Å². The van der Waals surface area contributed by atoms with Crippen molar-refractivity contribution in [1.29, 1.82) is 0 Å². The van der Waals surface area contributed by atoms with E-state index in [2.05, 4.69) is 402 Å². The van der Waals surface area contributed by atoms with E-state index < -0.39 is 8.07 Å². The van der Waals surface area contributed by atoms with Gasteiger partial charge in [-0.15, -0.1) is 0 Å². The van der Waals surface area contributed by atoms with Crippen molar-refractivity contribution in [3.05, 3.63) is 425 Å². The second-order valence-electron chi connectivity index (χ2n) is 28.3. The zero-order chi connectivity index (χ0) is 74.3. The van der Waals surface area contributed by atoms with Gasteiger partial charge in [-0.25, -0.2) is 15.0 Å². The standard InChI is InChI=1S/C57H37N5.C46H33N3Si/c1-4-15-38(16-5-1)39-27-29-40(30-28-39)42-19-14-20-45(35-42)56-58-55(41-17-6-2-7-18-41)59-57(60-56)62-52-26-13-11-24-48(52)50-37-44(32-34-54(50)62)43-31-33-53-49(36-43)47-23-10-12-25-51(47)61(53)46-21-8-3-9-22-46;1-5-16-34(17-6-1)35-28-29-42-41-26-13-14-27-44(41)49(45(42)33-35)46-47-31-30-43(48-46)36-18-15-25-40(32-36)50(37-19-7-2-8-20-37,38-21-9-3-10-22-38)39-23-11-4-12-24-39/h1-37H;1-33H. The van der Waals surface area contributed by atoms with Gasteiger partial charge < -0.3 is 4.57 Å². The van der Waals surface area contributed by atoms with E-state index in [1.165, 1.54) is 70.0 Å². The van der Waals surface area contributed by atoms with Crippen LogP contribution in [-0.2, 0) is 0 Å². The van der Waals surface area contributed by atoms with Crippen LogP contribution in [0, 0.1) is 0 Å². The van der Waals surface area contributed by atoms with Gasteiger partial charge in [0.2, 0.25) is 11.9 Å². The van der Waals surface area contributed by atoms with Gasteiger partial charge in [0.05, 0.1) is 38.8 Å². The molecule has 0 aliphatic rings. The van der Waals surface area contributed by atoms with Crippen molar-refractivity contribution in [3.63, 3.8) is 0 Å². The van der Waals surface area contributed by atoms with Gasteiger partial charge >= 0.3 is 0 Å². The van der Waals surface area contributed by atoms with Crippen molar-refractivity contribution >= 4 is 94.2 Å². The largest absolute Gasteiger partial charge is 0.309 e. The van der Waals surface area contributed by atoms with Crippen LogP contribution in [0.4, 0.5) is 0 Å². The average Bonchev–Trinajstić information content (AvgIpc) is 0.748. The molecule has 0 bridgehead atoms. The Morgan fingerprint density at radius 3 is 1.12 bits per heavy atom. The maximum atomic E-state index is 5.30. The van der Waals surface area contributed by atoms with Crippen LogP contribution >= 0.6 is 0 Å². The van der Waals surface area contributed by atoms with Crippen molar-refractivity contribution in [2.24, 2.45) is 0 Å². The SMILES string of the molecule is c1ccc(-c2ccc(-c3cccc(-c4nc(-c5ccccc5)nc(-n5c6ccccc6c6cc(-c7ccc8c(c7)c7ccccc7n8-c7ccccc7)ccc65)n4)c3)cc2)cc1.c1ccc(-c2ccc3c4ccccc4n(-c4nccc(-c5cccc([Si](c6ccccc6)(c6ccccc6)c6ccccc6)c5)n4)c3c2)cc1. The Morgan fingerprint density at radius 1 is 0.188 bits per heavy atom. The first-order valence-electron chi connectivity index (χ1n) is 37.9. The predicted octanol–water partition coefficient (Wildman–Crippen LogP) is 22.7. The second kappa shape index (κ2) is 28.7. The van der Waals surface area contributed by atoms with Gasteiger partial charge in [0.1, 0.15) is 0 Å². The van der Waals surface area contributed by atoms with Gasteiger partial charge in [0.15, 0.2) is 19.7 Å². The molecule has 0 unspecified atom stereocenters. The Hall–Kier alpha value is -14.8. The molecule has 21 aromatic rings. The van der Waals surface area contributed by atoms with E-state index in [0.29, 0.717) is 23.5 Å². The molecule has 0 saturated heterocycles. The molecule has 526 valence electrons. The van der Waals surface area contributed by atoms with Crippen molar-refractivity contribution < 1.29 is 0 Å². The lowest BCUT2D eigenvalue weighted by atomic mass is 9.99. The van der Waals surface area contributed by atoms with Crippen LogP contribution in [0.2, 0.25) is 0 Å². The Morgan fingerprint density at radius 2 is 0.545 bits per heavy atom. The zero-order valence-electron chi connectivity index (χ0n) is 61.0. The summed E-state index contributed by atoms with van der Waals surface area (Å²) in [7, 11) is -2.69. The Balaban J connectivity index is 0.000000149. The normalized spacial score (nSPS) is 11.6. The number of aromatic nitrogens is 8. The van der Waals surface area contributed by atoms with E-state index in [-0.39, 0.29) is 0 Å². The molecule has 21 rings (SSSR count). The Labute approximate surface area is 649 Å². The molecule has 0 atom stereocenters.